The first-order valence-corrected chi connectivity index (χ1v) is 8.65. The Bertz CT molecular complexity index is 748. The van der Waals surface area contributed by atoms with E-state index in [-0.39, 0.29) is 11.8 Å². The van der Waals surface area contributed by atoms with Crippen molar-refractivity contribution >= 4 is 29.0 Å². The number of rotatable bonds is 2. The largest absolute Gasteiger partial charge is 0.367 e. The van der Waals surface area contributed by atoms with E-state index in [4.69, 9.17) is 11.6 Å². The van der Waals surface area contributed by atoms with E-state index in [1.165, 1.54) is 12.1 Å². The molecule has 1 aliphatic rings. The summed E-state index contributed by atoms with van der Waals surface area (Å²) in [7, 11) is 0. The lowest BCUT2D eigenvalue weighted by Crippen LogP contribution is -2.50. The number of amides is 2. The zero-order chi connectivity index (χ0) is 18.0. The molecule has 2 amide bonds. The maximum atomic E-state index is 12.9. The van der Waals surface area contributed by atoms with Crippen LogP contribution in [-0.2, 0) is 0 Å². The van der Waals surface area contributed by atoms with Gasteiger partial charge in [-0.15, -0.1) is 0 Å². The van der Waals surface area contributed by atoms with E-state index in [0.717, 1.165) is 34.9 Å². The predicted octanol–water partition coefficient (Wildman–Crippen LogP) is 4.45. The fourth-order valence-corrected chi connectivity index (χ4v) is 3.62. The summed E-state index contributed by atoms with van der Waals surface area (Å²) in [5, 5.41) is 3.55. The van der Waals surface area contributed by atoms with Gasteiger partial charge in [-0.3, -0.25) is 0 Å². The molecule has 1 N–H and O–H groups in total. The van der Waals surface area contributed by atoms with Crippen LogP contribution in [0.4, 0.5) is 20.6 Å². The molecule has 0 aromatic heterocycles. The standard InChI is InChI=1S/C19H21ClFN3O/c1-13-11-14(2)18(17(20)12-13)23-7-9-24(10-8-23)19(25)22-16-5-3-15(21)4-6-16/h3-6,11-12H,7-10H2,1-2H3,(H,22,25). The summed E-state index contributed by atoms with van der Waals surface area (Å²) < 4.78 is 12.9. The Morgan fingerprint density at radius 2 is 1.72 bits per heavy atom. The van der Waals surface area contributed by atoms with Crippen LogP contribution in [0.15, 0.2) is 36.4 Å². The molecule has 1 heterocycles. The van der Waals surface area contributed by atoms with Crippen LogP contribution in [0.5, 0.6) is 0 Å². The Morgan fingerprint density at radius 1 is 1.08 bits per heavy atom. The predicted molar refractivity (Wildman–Crippen MR) is 100 cm³/mol. The molecule has 0 atom stereocenters. The first kappa shape index (κ1) is 17.5. The molecule has 25 heavy (non-hydrogen) atoms. The number of carbonyl (C=O) groups is 1. The summed E-state index contributed by atoms with van der Waals surface area (Å²) in [6.45, 7) is 6.75. The second-order valence-corrected chi connectivity index (χ2v) is 6.73. The number of urea groups is 1. The average Bonchev–Trinajstić information content (AvgIpc) is 2.56. The Morgan fingerprint density at radius 3 is 2.32 bits per heavy atom. The van der Waals surface area contributed by atoms with E-state index in [1.54, 1.807) is 17.0 Å². The first-order chi connectivity index (χ1) is 11.9. The topological polar surface area (TPSA) is 35.6 Å². The summed E-state index contributed by atoms with van der Waals surface area (Å²) in [6.07, 6.45) is 0. The number of hydrogen-bond acceptors (Lipinski definition) is 2. The van der Waals surface area contributed by atoms with Crippen molar-refractivity contribution in [2.75, 3.05) is 36.4 Å². The molecule has 0 spiro atoms. The second-order valence-electron chi connectivity index (χ2n) is 6.32. The molecule has 6 heteroatoms. The van der Waals surface area contributed by atoms with Crippen LogP contribution >= 0.6 is 11.6 Å². The van der Waals surface area contributed by atoms with Gasteiger partial charge in [0.15, 0.2) is 0 Å². The van der Waals surface area contributed by atoms with Crippen molar-refractivity contribution in [2.24, 2.45) is 0 Å². The van der Waals surface area contributed by atoms with E-state index in [9.17, 15) is 9.18 Å². The van der Waals surface area contributed by atoms with E-state index >= 15 is 0 Å². The number of anilines is 2. The van der Waals surface area contributed by atoms with Gasteiger partial charge in [0.2, 0.25) is 0 Å². The third-order valence-electron chi connectivity index (χ3n) is 4.38. The van der Waals surface area contributed by atoms with Gasteiger partial charge in [0, 0.05) is 31.9 Å². The molecular weight excluding hydrogens is 341 g/mol. The van der Waals surface area contributed by atoms with Gasteiger partial charge in [-0.25, -0.2) is 9.18 Å². The van der Waals surface area contributed by atoms with E-state index in [2.05, 4.69) is 23.2 Å². The van der Waals surface area contributed by atoms with Crippen molar-refractivity contribution in [3.8, 4) is 0 Å². The fraction of sp³-hybridized carbons (Fsp3) is 0.316. The minimum Gasteiger partial charge on any atom is -0.367 e. The number of halogens is 2. The minimum absolute atomic E-state index is 0.169. The summed E-state index contributed by atoms with van der Waals surface area (Å²) in [5.74, 6) is -0.322. The molecule has 0 aliphatic carbocycles. The van der Waals surface area contributed by atoms with Crippen LogP contribution in [0.25, 0.3) is 0 Å². The number of hydrogen-bond donors (Lipinski definition) is 1. The van der Waals surface area contributed by atoms with E-state index in [1.807, 2.05) is 13.0 Å². The third kappa shape index (κ3) is 4.04. The highest BCUT2D eigenvalue weighted by atomic mass is 35.5. The molecule has 3 rings (SSSR count). The number of benzene rings is 2. The molecule has 0 saturated carbocycles. The highest BCUT2D eigenvalue weighted by molar-refractivity contribution is 6.33. The first-order valence-electron chi connectivity index (χ1n) is 8.27. The fourth-order valence-electron chi connectivity index (χ4n) is 3.18. The van der Waals surface area contributed by atoms with Crippen LogP contribution in [0.2, 0.25) is 5.02 Å². The third-order valence-corrected chi connectivity index (χ3v) is 4.67. The molecular formula is C19H21ClFN3O. The van der Waals surface area contributed by atoms with Crippen LogP contribution in [-0.4, -0.2) is 37.1 Å². The number of aryl methyl sites for hydroxylation is 2. The Labute approximate surface area is 152 Å². The van der Waals surface area contributed by atoms with E-state index in [0.29, 0.717) is 18.8 Å². The van der Waals surface area contributed by atoms with Crippen molar-refractivity contribution in [2.45, 2.75) is 13.8 Å². The normalized spacial score (nSPS) is 14.6. The average molecular weight is 362 g/mol. The Hall–Kier alpha value is -2.27. The maximum absolute atomic E-state index is 12.9. The van der Waals surface area contributed by atoms with Crippen molar-refractivity contribution in [3.05, 3.63) is 58.4 Å². The summed E-state index contributed by atoms with van der Waals surface area (Å²) in [5.41, 5.74) is 3.93. The molecule has 0 unspecified atom stereocenters. The lowest BCUT2D eigenvalue weighted by atomic mass is 10.1. The molecule has 1 fully saturated rings. The zero-order valence-corrected chi connectivity index (χ0v) is 15.1. The molecule has 1 saturated heterocycles. The van der Waals surface area contributed by atoms with Gasteiger partial charge < -0.3 is 15.1 Å². The molecule has 132 valence electrons. The molecule has 1 aliphatic heterocycles. The van der Waals surface area contributed by atoms with Gasteiger partial charge in [-0.1, -0.05) is 17.7 Å². The maximum Gasteiger partial charge on any atom is 0.321 e. The molecule has 0 radical (unpaired) electrons. The van der Waals surface area contributed by atoms with Gasteiger partial charge in [0.25, 0.3) is 0 Å². The quantitative estimate of drug-likeness (QED) is 0.857. The smallest absolute Gasteiger partial charge is 0.321 e. The summed E-state index contributed by atoms with van der Waals surface area (Å²) in [6, 6.07) is 9.69. The number of nitrogens with one attached hydrogen (secondary N) is 1. The summed E-state index contributed by atoms with van der Waals surface area (Å²) >= 11 is 6.42. The van der Waals surface area contributed by atoms with E-state index < -0.39 is 0 Å². The number of piperazine rings is 1. The lowest BCUT2D eigenvalue weighted by Gasteiger charge is -2.37. The SMILES string of the molecule is Cc1cc(C)c(N2CCN(C(=O)Nc3ccc(F)cc3)CC2)c(Cl)c1. The lowest BCUT2D eigenvalue weighted by molar-refractivity contribution is 0.208. The van der Waals surface area contributed by atoms with Gasteiger partial charge >= 0.3 is 6.03 Å². The number of carbonyl (C=O) groups excluding carboxylic acids is 1. The van der Waals surface area contributed by atoms with Crippen molar-refractivity contribution in [1.29, 1.82) is 0 Å². The highest BCUT2D eigenvalue weighted by Gasteiger charge is 2.23. The summed E-state index contributed by atoms with van der Waals surface area (Å²) in [4.78, 5) is 16.3. The van der Waals surface area contributed by atoms with Gasteiger partial charge in [0.05, 0.1) is 10.7 Å². The van der Waals surface area contributed by atoms with Crippen LogP contribution in [0.1, 0.15) is 11.1 Å². The van der Waals surface area contributed by atoms with Crippen molar-refractivity contribution in [3.63, 3.8) is 0 Å². The van der Waals surface area contributed by atoms with Crippen molar-refractivity contribution < 1.29 is 9.18 Å². The van der Waals surface area contributed by atoms with Gasteiger partial charge in [-0.05, 0) is 55.3 Å². The highest BCUT2D eigenvalue weighted by Crippen LogP contribution is 2.31. The van der Waals surface area contributed by atoms with Crippen LogP contribution < -0.4 is 10.2 Å². The molecule has 0 bridgehead atoms. The van der Waals surface area contributed by atoms with Crippen LogP contribution in [0, 0.1) is 19.7 Å². The minimum atomic E-state index is -0.322. The number of nitrogens with zero attached hydrogens (tertiary/aromatic N) is 2. The van der Waals surface area contributed by atoms with Crippen molar-refractivity contribution in [1.82, 2.24) is 4.90 Å². The molecule has 2 aromatic rings. The van der Waals surface area contributed by atoms with Gasteiger partial charge in [-0.2, -0.15) is 0 Å². The second kappa shape index (κ2) is 7.31. The van der Waals surface area contributed by atoms with Gasteiger partial charge in [0.1, 0.15) is 5.82 Å². The monoisotopic (exact) mass is 361 g/mol. The zero-order valence-electron chi connectivity index (χ0n) is 14.4. The van der Waals surface area contributed by atoms with Crippen LogP contribution in [0.3, 0.4) is 0 Å². The Balaban J connectivity index is 1.62. The molecule has 2 aromatic carbocycles. The Kier molecular flexibility index (Phi) is 5.13. The molecule has 4 nitrogen and oxygen atoms in total.